The molecule has 1 atom stereocenters. The summed E-state index contributed by atoms with van der Waals surface area (Å²) in [6.07, 6.45) is 1.98. The quantitative estimate of drug-likeness (QED) is 0.505. The summed E-state index contributed by atoms with van der Waals surface area (Å²) in [6.45, 7) is 3.77. The Kier molecular flexibility index (Phi) is 5.78. The second-order valence-electron chi connectivity index (χ2n) is 7.18. The number of pyridine rings is 2. The monoisotopic (exact) mass is 409 g/mol. The first-order valence-corrected chi connectivity index (χ1v) is 10.1. The first-order valence-electron chi connectivity index (χ1n) is 10.1. The molecule has 3 heterocycles. The van der Waals surface area contributed by atoms with Crippen molar-refractivity contribution in [2.45, 2.75) is 19.9 Å². The van der Waals surface area contributed by atoms with Crippen LogP contribution in [-0.4, -0.2) is 33.4 Å². The number of hydrogen-bond donors (Lipinski definition) is 2. The molecule has 1 aromatic carbocycles. The van der Waals surface area contributed by atoms with Crippen LogP contribution >= 0.6 is 0 Å². The van der Waals surface area contributed by atoms with Crippen LogP contribution in [-0.2, 0) is 4.79 Å². The summed E-state index contributed by atoms with van der Waals surface area (Å²) in [7, 11) is 1.74. The molecular formula is C25H23N5O. The fourth-order valence-corrected chi connectivity index (χ4v) is 3.27. The van der Waals surface area contributed by atoms with Gasteiger partial charge in [0.25, 0.3) is 0 Å². The third-order valence-electron chi connectivity index (χ3n) is 5.03. The highest BCUT2D eigenvalue weighted by molar-refractivity contribution is 5.94. The second-order valence-corrected chi connectivity index (χ2v) is 7.18. The van der Waals surface area contributed by atoms with Gasteiger partial charge in [-0.05, 0) is 63.2 Å². The Morgan fingerprint density at radius 2 is 1.77 bits per heavy atom. The molecule has 0 fully saturated rings. The van der Waals surface area contributed by atoms with Gasteiger partial charge in [-0.2, -0.15) is 0 Å². The number of benzene rings is 1. The molecule has 0 aliphatic carbocycles. The topological polar surface area (TPSA) is 71.3 Å². The number of rotatable bonds is 4. The van der Waals surface area contributed by atoms with Gasteiger partial charge >= 0.3 is 0 Å². The van der Waals surface area contributed by atoms with Crippen LogP contribution < -0.4 is 10.6 Å². The molecule has 0 aliphatic heterocycles. The lowest BCUT2D eigenvalue weighted by Crippen LogP contribution is -2.35. The van der Waals surface area contributed by atoms with Crippen LogP contribution in [0.1, 0.15) is 23.9 Å². The molecule has 0 saturated carbocycles. The van der Waals surface area contributed by atoms with E-state index >= 15 is 0 Å². The van der Waals surface area contributed by atoms with Crippen LogP contribution in [0.25, 0.3) is 16.9 Å². The molecule has 31 heavy (non-hydrogen) atoms. The number of aryl methyl sites for hydroxylation is 1. The van der Waals surface area contributed by atoms with Crippen molar-refractivity contribution >= 4 is 17.4 Å². The van der Waals surface area contributed by atoms with E-state index in [1.807, 2.05) is 72.1 Å². The maximum Gasteiger partial charge on any atom is 0.242 e. The van der Waals surface area contributed by atoms with Gasteiger partial charge < -0.3 is 10.6 Å². The third kappa shape index (κ3) is 4.32. The molecule has 6 nitrogen and oxygen atoms in total. The Labute approximate surface area is 181 Å². The van der Waals surface area contributed by atoms with Crippen molar-refractivity contribution < 1.29 is 4.79 Å². The van der Waals surface area contributed by atoms with Crippen molar-refractivity contribution in [2.24, 2.45) is 0 Å². The number of anilines is 1. The van der Waals surface area contributed by atoms with Gasteiger partial charge in [0.1, 0.15) is 17.2 Å². The molecule has 0 saturated heterocycles. The number of aromatic nitrogens is 3. The molecule has 154 valence electrons. The lowest BCUT2D eigenvalue weighted by molar-refractivity contribution is -0.117. The number of carbonyl (C=O) groups is 1. The number of hydrogen-bond acceptors (Lipinski definition) is 4. The van der Waals surface area contributed by atoms with Crippen molar-refractivity contribution in [2.75, 3.05) is 12.4 Å². The Bertz CT molecular complexity index is 1300. The van der Waals surface area contributed by atoms with E-state index in [0.717, 1.165) is 28.2 Å². The van der Waals surface area contributed by atoms with Crippen molar-refractivity contribution in [3.63, 3.8) is 0 Å². The Morgan fingerprint density at radius 3 is 2.55 bits per heavy atom. The number of amides is 1. The normalized spacial score (nSPS) is 11.6. The predicted molar refractivity (Wildman–Crippen MR) is 123 cm³/mol. The molecule has 0 spiro atoms. The molecule has 0 bridgehead atoms. The highest BCUT2D eigenvalue weighted by Gasteiger charge is 2.17. The highest BCUT2D eigenvalue weighted by Crippen LogP contribution is 2.28. The van der Waals surface area contributed by atoms with Gasteiger partial charge in [0.05, 0.1) is 17.4 Å². The van der Waals surface area contributed by atoms with E-state index in [2.05, 4.69) is 32.4 Å². The lowest BCUT2D eigenvalue weighted by atomic mass is 10.1. The summed E-state index contributed by atoms with van der Waals surface area (Å²) in [5.74, 6) is 6.68. The van der Waals surface area contributed by atoms with Gasteiger partial charge in [-0.3, -0.25) is 9.20 Å². The average Bonchev–Trinajstić information content (AvgIpc) is 3.13. The Hall–Kier alpha value is -3.95. The zero-order valence-electron chi connectivity index (χ0n) is 17.7. The Balaban J connectivity index is 1.83. The maximum absolute atomic E-state index is 12.3. The molecule has 2 N–H and O–H groups in total. The van der Waals surface area contributed by atoms with E-state index in [0.29, 0.717) is 11.5 Å². The maximum atomic E-state index is 12.3. The number of likely N-dealkylation sites (N-methyl/N-ethyl adjacent to an activating group) is 1. The predicted octanol–water partition coefficient (Wildman–Crippen LogP) is 3.65. The number of imidazole rings is 1. The van der Waals surface area contributed by atoms with E-state index in [9.17, 15) is 4.79 Å². The lowest BCUT2D eigenvalue weighted by Gasteiger charge is -2.12. The molecule has 1 amide bonds. The minimum absolute atomic E-state index is 0.157. The highest BCUT2D eigenvalue weighted by atomic mass is 16.2. The van der Waals surface area contributed by atoms with Gasteiger partial charge in [-0.1, -0.05) is 30.2 Å². The first kappa shape index (κ1) is 20.3. The van der Waals surface area contributed by atoms with E-state index in [4.69, 9.17) is 0 Å². The molecular weight excluding hydrogens is 386 g/mol. The van der Waals surface area contributed by atoms with Crippen LogP contribution in [0.3, 0.4) is 0 Å². The number of fused-ring (bicyclic) bond motifs is 1. The molecule has 0 unspecified atom stereocenters. The summed E-state index contributed by atoms with van der Waals surface area (Å²) in [5, 5.41) is 5.78. The van der Waals surface area contributed by atoms with Gasteiger partial charge in [0.15, 0.2) is 0 Å². The molecule has 0 aliphatic rings. The summed E-state index contributed by atoms with van der Waals surface area (Å²) in [4.78, 5) is 21.6. The van der Waals surface area contributed by atoms with Crippen LogP contribution in [0.4, 0.5) is 5.82 Å². The number of carbonyl (C=O) groups excluding carboxylic acids is 1. The average molecular weight is 409 g/mol. The SMILES string of the molecule is CN[C@@H](C)C(=O)Nc1ccc(-c2c(C)nc3ccccn23)c(C#Cc2ccccc2)n1. The Morgan fingerprint density at radius 1 is 1.00 bits per heavy atom. The summed E-state index contributed by atoms with van der Waals surface area (Å²) in [5.41, 5.74) is 5.01. The molecule has 3 aromatic heterocycles. The minimum atomic E-state index is -0.332. The van der Waals surface area contributed by atoms with E-state index in [1.54, 1.807) is 20.0 Å². The van der Waals surface area contributed by atoms with E-state index in [1.165, 1.54) is 0 Å². The number of nitrogens with one attached hydrogen (secondary N) is 2. The van der Waals surface area contributed by atoms with Crippen molar-refractivity contribution in [1.82, 2.24) is 19.7 Å². The zero-order chi connectivity index (χ0) is 21.8. The smallest absolute Gasteiger partial charge is 0.242 e. The largest absolute Gasteiger partial charge is 0.309 e. The van der Waals surface area contributed by atoms with Gasteiger partial charge in [-0.15, -0.1) is 0 Å². The van der Waals surface area contributed by atoms with Crippen molar-refractivity contribution in [1.29, 1.82) is 0 Å². The van der Waals surface area contributed by atoms with Crippen molar-refractivity contribution in [3.05, 3.63) is 83.8 Å². The summed E-state index contributed by atoms with van der Waals surface area (Å²) < 4.78 is 2.03. The molecule has 6 heteroatoms. The molecule has 4 rings (SSSR count). The van der Waals surface area contributed by atoms with Crippen LogP contribution in [0.5, 0.6) is 0 Å². The van der Waals surface area contributed by atoms with Crippen LogP contribution in [0, 0.1) is 18.8 Å². The van der Waals surface area contributed by atoms with Gasteiger partial charge in [-0.25, -0.2) is 9.97 Å². The van der Waals surface area contributed by atoms with E-state index in [-0.39, 0.29) is 11.9 Å². The molecule has 4 aromatic rings. The molecule has 0 radical (unpaired) electrons. The minimum Gasteiger partial charge on any atom is -0.309 e. The first-order chi connectivity index (χ1) is 15.1. The third-order valence-corrected chi connectivity index (χ3v) is 5.03. The van der Waals surface area contributed by atoms with Crippen LogP contribution in [0.15, 0.2) is 66.9 Å². The van der Waals surface area contributed by atoms with Crippen molar-refractivity contribution in [3.8, 4) is 23.1 Å². The summed E-state index contributed by atoms with van der Waals surface area (Å²) in [6, 6.07) is 19.0. The fraction of sp³-hybridized carbons (Fsp3) is 0.160. The second kappa shape index (κ2) is 8.82. The van der Waals surface area contributed by atoms with Gasteiger partial charge in [0.2, 0.25) is 5.91 Å². The number of nitrogens with zero attached hydrogens (tertiary/aromatic N) is 3. The zero-order valence-corrected chi connectivity index (χ0v) is 17.7. The fourth-order valence-electron chi connectivity index (χ4n) is 3.27. The summed E-state index contributed by atoms with van der Waals surface area (Å²) >= 11 is 0. The van der Waals surface area contributed by atoms with Crippen LogP contribution in [0.2, 0.25) is 0 Å². The van der Waals surface area contributed by atoms with Gasteiger partial charge in [0, 0.05) is 17.3 Å². The standard InChI is InChI=1S/C25H23N5O/c1-17-24(30-16-8-7-11-23(30)27-17)20-13-15-22(29-25(31)18(2)26-3)28-21(20)14-12-19-9-5-4-6-10-19/h4-11,13,15-16,18,26H,1-3H3,(H,28,29,31)/t18-/m0/s1. The van der Waals surface area contributed by atoms with E-state index < -0.39 is 0 Å².